The Labute approximate surface area is 116 Å². The van der Waals surface area contributed by atoms with Crippen molar-refractivity contribution >= 4 is 22.6 Å². The third kappa shape index (κ3) is 1.58. The van der Waals surface area contributed by atoms with Crippen LogP contribution < -0.4 is 4.74 Å². The van der Waals surface area contributed by atoms with E-state index in [1.807, 2.05) is 23.5 Å². The summed E-state index contributed by atoms with van der Waals surface area (Å²) in [5.74, 6) is 0.891. The average Bonchev–Trinajstić information content (AvgIpc) is 3.10. The van der Waals surface area contributed by atoms with E-state index in [-0.39, 0.29) is 0 Å². The Morgan fingerprint density at radius 2 is 2.16 bits per heavy atom. The molecule has 0 radical (unpaired) electrons. The number of thiophene rings is 1. The number of hydrogen-bond acceptors (Lipinski definition) is 3. The zero-order chi connectivity index (χ0) is 12.8. The van der Waals surface area contributed by atoms with Crippen molar-refractivity contribution in [3.63, 3.8) is 0 Å². The van der Waals surface area contributed by atoms with Gasteiger partial charge in [-0.25, -0.2) is 0 Å². The molecule has 0 atom stereocenters. The lowest BCUT2D eigenvalue weighted by molar-refractivity contribution is 0.414. The van der Waals surface area contributed by atoms with Crippen LogP contribution in [-0.2, 0) is 6.42 Å². The van der Waals surface area contributed by atoms with Gasteiger partial charge in [-0.1, -0.05) is 12.1 Å². The van der Waals surface area contributed by atoms with Crippen LogP contribution in [0.25, 0.3) is 5.57 Å². The van der Waals surface area contributed by atoms with Gasteiger partial charge in [-0.05, 0) is 40.3 Å². The Kier molecular flexibility index (Phi) is 2.35. The summed E-state index contributed by atoms with van der Waals surface area (Å²) in [6.07, 6.45) is 1.04. The maximum absolute atomic E-state index is 5.30. The molecule has 0 amide bonds. The van der Waals surface area contributed by atoms with E-state index < -0.39 is 0 Å². The highest BCUT2D eigenvalue weighted by Crippen LogP contribution is 2.41. The average molecular weight is 267 g/mol. The molecule has 1 aliphatic carbocycles. The maximum atomic E-state index is 5.30. The van der Waals surface area contributed by atoms with Gasteiger partial charge in [0.05, 0.1) is 19.4 Å². The number of allylic oxidation sites excluding steroid dienone is 1. The van der Waals surface area contributed by atoms with E-state index in [0.29, 0.717) is 0 Å². The van der Waals surface area contributed by atoms with Gasteiger partial charge in [0.15, 0.2) is 0 Å². The zero-order valence-electron chi connectivity index (χ0n) is 10.6. The molecular formula is C16H13NOS. The van der Waals surface area contributed by atoms with Gasteiger partial charge in [0.2, 0.25) is 0 Å². The number of hydrogen-bond donors (Lipinski definition) is 0. The van der Waals surface area contributed by atoms with Crippen molar-refractivity contribution in [1.82, 2.24) is 0 Å². The van der Waals surface area contributed by atoms with Crippen molar-refractivity contribution in [2.45, 2.75) is 6.42 Å². The Morgan fingerprint density at radius 3 is 3.05 bits per heavy atom. The summed E-state index contributed by atoms with van der Waals surface area (Å²) in [6.45, 7) is 0.825. The van der Waals surface area contributed by atoms with Crippen LogP contribution in [0.3, 0.4) is 0 Å². The second-order valence-corrected chi connectivity index (χ2v) is 5.79. The first-order chi connectivity index (χ1) is 9.36. The molecule has 0 saturated carbocycles. The van der Waals surface area contributed by atoms with Gasteiger partial charge >= 0.3 is 0 Å². The Bertz CT molecular complexity index is 724. The molecule has 1 aliphatic heterocycles. The molecule has 4 rings (SSSR count). The second-order valence-electron chi connectivity index (χ2n) is 4.79. The summed E-state index contributed by atoms with van der Waals surface area (Å²) in [5, 5.41) is 2.18. The minimum Gasteiger partial charge on any atom is -0.497 e. The predicted molar refractivity (Wildman–Crippen MR) is 79.3 cm³/mol. The van der Waals surface area contributed by atoms with Crippen molar-refractivity contribution in [3.05, 3.63) is 57.3 Å². The standard InChI is InChI=1S/C16H13NOS/c1-18-11-4-2-3-10(7-11)16-13-8-15-12(5-6-19-15)14(13)9-17-16/h2-7H,8-9H2,1H3. The minimum absolute atomic E-state index is 0.825. The van der Waals surface area contributed by atoms with Gasteiger partial charge in [-0.2, -0.15) is 0 Å². The van der Waals surface area contributed by atoms with Gasteiger partial charge in [0.25, 0.3) is 0 Å². The van der Waals surface area contributed by atoms with Gasteiger partial charge in [0, 0.05) is 16.9 Å². The van der Waals surface area contributed by atoms with E-state index in [0.717, 1.165) is 24.4 Å². The van der Waals surface area contributed by atoms with E-state index in [1.165, 1.54) is 27.2 Å². The van der Waals surface area contributed by atoms with Crippen LogP contribution in [0, 0.1) is 0 Å². The first kappa shape index (κ1) is 11.0. The van der Waals surface area contributed by atoms with Gasteiger partial charge in [0.1, 0.15) is 5.75 Å². The molecule has 2 aromatic rings. The van der Waals surface area contributed by atoms with Crippen LogP contribution in [0.5, 0.6) is 5.75 Å². The van der Waals surface area contributed by atoms with Crippen molar-refractivity contribution in [3.8, 4) is 5.75 Å². The van der Waals surface area contributed by atoms with E-state index >= 15 is 0 Å². The van der Waals surface area contributed by atoms with E-state index in [2.05, 4.69) is 23.6 Å². The number of methoxy groups -OCH3 is 1. The monoisotopic (exact) mass is 267 g/mol. The van der Waals surface area contributed by atoms with Crippen LogP contribution >= 0.6 is 11.3 Å². The third-order valence-electron chi connectivity index (χ3n) is 3.80. The summed E-state index contributed by atoms with van der Waals surface area (Å²) in [5.41, 5.74) is 6.57. The molecule has 94 valence electrons. The first-order valence-electron chi connectivity index (χ1n) is 6.35. The highest BCUT2D eigenvalue weighted by molar-refractivity contribution is 7.10. The molecule has 2 aliphatic rings. The SMILES string of the molecule is COc1cccc(C2=NCC3=C2Cc2sccc23)c1. The lowest BCUT2D eigenvalue weighted by Crippen LogP contribution is -2.03. The van der Waals surface area contributed by atoms with E-state index in [9.17, 15) is 0 Å². The summed E-state index contributed by atoms with van der Waals surface area (Å²) >= 11 is 1.85. The quantitative estimate of drug-likeness (QED) is 0.815. The number of nitrogens with zero attached hydrogens (tertiary/aromatic N) is 1. The summed E-state index contributed by atoms with van der Waals surface area (Å²) in [4.78, 5) is 6.22. The Morgan fingerprint density at radius 1 is 1.21 bits per heavy atom. The smallest absolute Gasteiger partial charge is 0.119 e. The maximum Gasteiger partial charge on any atom is 0.119 e. The zero-order valence-corrected chi connectivity index (χ0v) is 11.5. The summed E-state index contributed by atoms with van der Waals surface area (Å²) < 4.78 is 5.30. The minimum atomic E-state index is 0.825. The second kappa shape index (κ2) is 4.07. The molecule has 1 aromatic carbocycles. The number of rotatable bonds is 2. The first-order valence-corrected chi connectivity index (χ1v) is 7.23. The van der Waals surface area contributed by atoms with Crippen molar-refractivity contribution in [1.29, 1.82) is 0 Å². The molecule has 0 spiro atoms. The number of fused-ring (bicyclic) bond motifs is 2. The lowest BCUT2D eigenvalue weighted by atomic mass is 10.0. The number of benzene rings is 1. The fraction of sp³-hybridized carbons (Fsp3) is 0.188. The van der Waals surface area contributed by atoms with E-state index in [1.54, 1.807) is 7.11 Å². The molecule has 2 nitrogen and oxygen atoms in total. The van der Waals surface area contributed by atoms with Crippen molar-refractivity contribution in [2.75, 3.05) is 13.7 Å². The van der Waals surface area contributed by atoms with Crippen molar-refractivity contribution in [2.24, 2.45) is 4.99 Å². The van der Waals surface area contributed by atoms with Gasteiger partial charge in [-0.3, -0.25) is 4.99 Å². The molecule has 0 N–H and O–H groups in total. The Balaban J connectivity index is 1.76. The molecule has 0 bridgehead atoms. The van der Waals surface area contributed by atoms with Crippen LogP contribution in [0.4, 0.5) is 0 Å². The molecule has 0 unspecified atom stereocenters. The van der Waals surface area contributed by atoms with Crippen LogP contribution in [0.2, 0.25) is 0 Å². The highest BCUT2D eigenvalue weighted by atomic mass is 32.1. The van der Waals surface area contributed by atoms with Gasteiger partial charge in [-0.15, -0.1) is 11.3 Å². The van der Waals surface area contributed by atoms with Crippen LogP contribution in [-0.4, -0.2) is 19.4 Å². The topological polar surface area (TPSA) is 21.6 Å². The number of aliphatic imine (C=N–C) groups is 1. The largest absolute Gasteiger partial charge is 0.497 e. The van der Waals surface area contributed by atoms with Gasteiger partial charge < -0.3 is 4.74 Å². The summed E-state index contributed by atoms with van der Waals surface area (Å²) in [7, 11) is 1.70. The fourth-order valence-electron chi connectivity index (χ4n) is 2.87. The molecule has 3 heteroatoms. The number of ether oxygens (including phenoxy) is 1. The third-order valence-corrected chi connectivity index (χ3v) is 4.72. The fourth-order valence-corrected chi connectivity index (χ4v) is 3.79. The molecular weight excluding hydrogens is 254 g/mol. The highest BCUT2D eigenvalue weighted by Gasteiger charge is 2.29. The predicted octanol–water partition coefficient (Wildman–Crippen LogP) is 3.57. The van der Waals surface area contributed by atoms with Crippen LogP contribution in [0.15, 0.2) is 46.3 Å². The Hall–Kier alpha value is -1.87. The lowest BCUT2D eigenvalue weighted by Gasteiger charge is -2.07. The molecule has 19 heavy (non-hydrogen) atoms. The van der Waals surface area contributed by atoms with E-state index in [4.69, 9.17) is 9.73 Å². The van der Waals surface area contributed by atoms with Crippen molar-refractivity contribution < 1.29 is 4.74 Å². The normalized spacial score (nSPS) is 16.4. The summed E-state index contributed by atoms with van der Waals surface area (Å²) in [6, 6.07) is 10.4. The molecule has 0 fully saturated rings. The van der Waals surface area contributed by atoms with Crippen LogP contribution in [0.1, 0.15) is 16.0 Å². The molecule has 1 aromatic heterocycles. The molecule has 0 saturated heterocycles. The molecule has 2 heterocycles.